The highest BCUT2D eigenvalue weighted by Gasteiger charge is 2.28. The molecule has 18 heavy (non-hydrogen) atoms. The lowest BCUT2D eigenvalue weighted by Gasteiger charge is -2.30. The minimum Gasteiger partial charge on any atom is -0.352 e. The van der Waals surface area contributed by atoms with Gasteiger partial charge in [0.25, 0.3) is 0 Å². The van der Waals surface area contributed by atoms with E-state index in [1.807, 2.05) is 20.8 Å². The maximum atomic E-state index is 11.9. The smallest absolute Gasteiger partial charge is 0.237 e. The van der Waals surface area contributed by atoms with Gasteiger partial charge in [0.05, 0.1) is 6.04 Å². The number of hydrogen-bond acceptors (Lipinski definition) is 3. The van der Waals surface area contributed by atoms with Crippen LogP contribution in [-0.2, 0) is 15.6 Å². The van der Waals surface area contributed by atoms with E-state index in [4.69, 9.17) is 5.73 Å². The minimum atomic E-state index is -0.751. The topological polar surface area (TPSA) is 72.2 Å². The minimum absolute atomic E-state index is 0.0714. The molecule has 1 aliphatic rings. The van der Waals surface area contributed by atoms with Gasteiger partial charge in [0, 0.05) is 27.8 Å². The summed E-state index contributed by atoms with van der Waals surface area (Å²) in [7, 11) is -0.751. The normalized spacial score (nSPS) is 27.8. The maximum Gasteiger partial charge on any atom is 0.237 e. The van der Waals surface area contributed by atoms with Crippen molar-refractivity contribution in [2.75, 3.05) is 5.75 Å². The predicted octanol–water partition coefficient (Wildman–Crippen LogP) is 1.17. The molecule has 0 aromatic rings. The van der Waals surface area contributed by atoms with Crippen LogP contribution in [0.3, 0.4) is 0 Å². The van der Waals surface area contributed by atoms with Crippen molar-refractivity contribution in [1.29, 1.82) is 0 Å². The molecule has 1 fully saturated rings. The van der Waals surface area contributed by atoms with E-state index in [-0.39, 0.29) is 23.1 Å². The van der Waals surface area contributed by atoms with Crippen LogP contribution in [-0.4, -0.2) is 33.2 Å². The van der Waals surface area contributed by atoms with E-state index < -0.39 is 16.8 Å². The second-order valence-electron chi connectivity index (χ2n) is 5.43. The summed E-state index contributed by atoms with van der Waals surface area (Å²) in [5.74, 6) is 0.781. The van der Waals surface area contributed by atoms with Crippen LogP contribution in [0.2, 0.25) is 0 Å². The number of nitrogens with two attached hydrogens (primary N) is 1. The van der Waals surface area contributed by atoms with Crippen molar-refractivity contribution in [2.45, 2.75) is 63.8 Å². The molecule has 1 aliphatic carbocycles. The maximum absolute atomic E-state index is 11.9. The summed E-state index contributed by atoms with van der Waals surface area (Å²) in [6.45, 7) is 5.84. The molecule has 5 heteroatoms. The molecule has 3 unspecified atom stereocenters. The van der Waals surface area contributed by atoms with Crippen molar-refractivity contribution in [2.24, 2.45) is 11.7 Å². The van der Waals surface area contributed by atoms with Gasteiger partial charge < -0.3 is 11.1 Å². The molecule has 106 valence electrons. The molecule has 1 rings (SSSR count). The molecule has 0 radical (unpaired) electrons. The standard InChI is InChI=1S/C13H26N2O2S/c1-4-18(17)11-7-5-6-10(8-11)15-13(16)12(14)9(2)3/h9-12H,4-8,14H2,1-3H3,(H,15,16)/t10?,11?,12-,18?/m0/s1. The first-order chi connectivity index (χ1) is 8.45. The second kappa shape index (κ2) is 7.24. The quantitative estimate of drug-likeness (QED) is 0.790. The van der Waals surface area contributed by atoms with E-state index in [0.717, 1.165) is 25.7 Å². The second-order valence-corrected chi connectivity index (χ2v) is 7.44. The zero-order valence-electron chi connectivity index (χ0n) is 11.6. The Morgan fingerprint density at radius 2 is 2.11 bits per heavy atom. The third kappa shape index (κ3) is 4.35. The van der Waals surface area contributed by atoms with E-state index in [0.29, 0.717) is 5.75 Å². The molecular formula is C13H26N2O2S. The fraction of sp³-hybridized carbons (Fsp3) is 0.923. The van der Waals surface area contributed by atoms with Gasteiger partial charge in [-0.1, -0.05) is 27.2 Å². The third-order valence-corrected chi connectivity index (χ3v) is 5.39. The SMILES string of the molecule is CCS(=O)C1CCCC(NC(=O)[C@@H](N)C(C)C)C1. The van der Waals surface area contributed by atoms with Crippen LogP contribution in [0.25, 0.3) is 0 Å². The number of carbonyl (C=O) groups excluding carboxylic acids is 1. The Morgan fingerprint density at radius 3 is 2.67 bits per heavy atom. The van der Waals surface area contributed by atoms with Gasteiger partial charge in [-0.15, -0.1) is 0 Å². The third-order valence-electron chi connectivity index (χ3n) is 3.65. The highest BCUT2D eigenvalue weighted by atomic mass is 32.2. The summed E-state index contributed by atoms with van der Waals surface area (Å²) >= 11 is 0. The van der Waals surface area contributed by atoms with Crippen molar-refractivity contribution in [3.8, 4) is 0 Å². The molecule has 0 aliphatic heterocycles. The first-order valence-corrected chi connectivity index (χ1v) is 8.27. The molecule has 4 atom stereocenters. The van der Waals surface area contributed by atoms with Crippen LogP contribution < -0.4 is 11.1 Å². The summed E-state index contributed by atoms with van der Waals surface area (Å²) in [6.07, 6.45) is 3.87. The van der Waals surface area contributed by atoms with Gasteiger partial charge in [-0.05, 0) is 25.2 Å². The molecule has 0 aromatic heterocycles. The number of amides is 1. The van der Waals surface area contributed by atoms with Crippen LogP contribution in [0.15, 0.2) is 0 Å². The summed E-state index contributed by atoms with van der Waals surface area (Å²) in [4.78, 5) is 11.9. The molecule has 4 nitrogen and oxygen atoms in total. The van der Waals surface area contributed by atoms with Gasteiger partial charge in [0.1, 0.15) is 0 Å². The monoisotopic (exact) mass is 274 g/mol. The van der Waals surface area contributed by atoms with E-state index in [2.05, 4.69) is 5.32 Å². The Hall–Kier alpha value is -0.420. The van der Waals surface area contributed by atoms with Gasteiger partial charge in [0.15, 0.2) is 0 Å². The van der Waals surface area contributed by atoms with E-state index in [1.54, 1.807) is 0 Å². The fourth-order valence-corrected chi connectivity index (χ4v) is 3.70. The molecule has 0 heterocycles. The van der Waals surface area contributed by atoms with Crippen molar-refractivity contribution >= 4 is 16.7 Å². The van der Waals surface area contributed by atoms with Gasteiger partial charge >= 0.3 is 0 Å². The largest absolute Gasteiger partial charge is 0.352 e. The Balaban J connectivity index is 2.47. The van der Waals surface area contributed by atoms with Crippen molar-refractivity contribution < 1.29 is 9.00 Å². The zero-order valence-corrected chi connectivity index (χ0v) is 12.5. The lowest BCUT2D eigenvalue weighted by molar-refractivity contribution is -0.124. The predicted molar refractivity (Wildman–Crippen MR) is 75.7 cm³/mol. The van der Waals surface area contributed by atoms with Crippen LogP contribution in [0, 0.1) is 5.92 Å². The molecule has 0 bridgehead atoms. The van der Waals surface area contributed by atoms with Crippen LogP contribution >= 0.6 is 0 Å². The highest BCUT2D eigenvalue weighted by Crippen LogP contribution is 2.23. The fourth-order valence-electron chi connectivity index (χ4n) is 2.35. The van der Waals surface area contributed by atoms with Crippen LogP contribution in [0.5, 0.6) is 0 Å². The number of rotatable bonds is 5. The summed E-state index contributed by atoms with van der Waals surface area (Å²) < 4.78 is 11.8. The van der Waals surface area contributed by atoms with Crippen molar-refractivity contribution in [3.63, 3.8) is 0 Å². The Labute approximate surface area is 113 Å². The highest BCUT2D eigenvalue weighted by molar-refractivity contribution is 7.85. The molecule has 1 amide bonds. The molecule has 0 spiro atoms. The van der Waals surface area contributed by atoms with Crippen LogP contribution in [0.1, 0.15) is 46.5 Å². The van der Waals surface area contributed by atoms with E-state index in [1.165, 1.54) is 0 Å². The molecule has 0 saturated heterocycles. The molecule has 1 saturated carbocycles. The average molecular weight is 274 g/mol. The van der Waals surface area contributed by atoms with E-state index in [9.17, 15) is 9.00 Å². The van der Waals surface area contributed by atoms with Crippen LogP contribution in [0.4, 0.5) is 0 Å². The lowest BCUT2D eigenvalue weighted by Crippen LogP contribution is -2.49. The van der Waals surface area contributed by atoms with E-state index >= 15 is 0 Å². The Kier molecular flexibility index (Phi) is 6.29. The number of hydrogen-bond donors (Lipinski definition) is 2. The first-order valence-electron chi connectivity index (χ1n) is 6.88. The molecular weight excluding hydrogens is 248 g/mol. The summed E-state index contributed by atoms with van der Waals surface area (Å²) in [5.41, 5.74) is 5.83. The van der Waals surface area contributed by atoms with Crippen molar-refractivity contribution in [1.82, 2.24) is 5.32 Å². The molecule has 0 aromatic carbocycles. The number of carbonyl (C=O) groups is 1. The Morgan fingerprint density at radius 1 is 1.44 bits per heavy atom. The summed E-state index contributed by atoms with van der Waals surface area (Å²) in [5, 5.41) is 3.25. The Bertz CT molecular complexity index is 307. The lowest BCUT2D eigenvalue weighted by atomic mass is 9.94. The molecule has 3 N–H and O–H groups in total. The number of nitrogens with one attached hydrogen (secondary N) is 1. The van der Waals surface area contributed by atoms with Gasteiger partial charge in [-0.25, -0.2) is 0 Å². The summed E-state index contributed by atoms with van der Waals surface area (Å²) in [6, 6.07) is -0.293. The van der Waals surface area contributed by atoms with Gasteiger partial charge in [-0.3, -0.25) is 9.00 Å². The van der Waals surface area contributed by atoms with Gasteiger partial charge in [-0.2, -0.15) is 0 Å². The zero-order chi connectivity index (χ0) is 13.7. The first kappa shape index (κ1) is 15.6. The average Bonchev–Trinajstić information content (AvgIpc) is 2.36. The van der Waals surface area contributed by atoms with Crippen molar-refractivity contribution in [3.05, 3.63) is 0 Å². The van der Waals surface area contributed by atoms with Gasteiger partial charge in [0.2, 0.25) is 5.91 Å².